The SMILES string of the molecule is Cc1ccccc1N(CC(=O)Nc1ccc(S(=O)(=O)Nc2ccc(F)cc2)cc1)S(C)(=O)=O. The summed E-state index contributed by atoms with van der Waals surface area (Å²) < 4.78 is 65.8. The Balaban J connectivity index is 1.71. The van der Waals surface area contributed by atoms with Gasteiger partial charge in [0.25, 0.3) is 10.0 Å². The van der Waals surface area contributed by atoms with Crippen LogP contribution in [-0.4, -0.2) is 35.5 Å². The summed E-state index contributed by atoms with van der Waals surface area (Å²) in [4.78, 5) is 12.5. The zero-order valence-corrected chi connectivity index (χ0v) is 19.5. The summed E-state index contributed by atoms with van der Waals surface area (Å²) in [6.07, 6.45) is 1.01. The number of carbonyl (C=O) groups excluding carboxylic acids is 1. The lowest BCUT2D eigenvalue weighted by Gasteiger charge is -2.23. The van der Waals surface area contributed by atoms with Crippen molar-refractivity contribution in [2.75, 3.05) is 27.1 Å². The van der Waals surface area contributed by atoms with Crippen LogP contribution in [0, 0.1) is 12.7 Å². The van der Waals surface area contributed by atoms with Crippen LogP contribution < -0.4 is 14.3 Å². The zero-order chi connectivity index (χ0) is 24.2. The number of nitrogens with zero attached hydrogens (tertiary/aromatic N) is 1. The van der Waals surface area contributed by atoms with Crippen LogP contribution in [0.15, 0.2) is 77.7 Å². The molecule has 0 radical (unpaired) electrons. The van der Waals surface area contributed by atoms with Gasteiger partial charge in [0, 0.05) is 11.4 Å². The van der Waals surface area contributed by atoms with Crippen molar-refractivity contribution in [3.63, 3.8) is 0 Å². The van der Waals surface area contributed by atoms with E-state index in [1.165, 1.54) is 36.4 Å². The molecule has 0 aliphatic carbocycles. The third-order valence-electron chi connectivity index (χ3n) is 4.62. The van der Waals surface area contributed by atoms with Crippen LogP contribution in [0.3, 0.4) is 0 Å². The van der Waals surface area contributed by atoms with Crippen molar-refractivity contribution >= 4 is 43.0 Å². The number of rotatable bonds is 8. The molecule has 0 aliphatic rings. The Hall–Kier alpha value is -3.44. The fraction of sp³-hybridized carbons (Fsp3) is 0.136. The normalized spacial score (nSPS) is 11.6. The van der Waals surface area contributed by atoms with Gasteiger partial charge in [0.1, 0.15) is 12.4 Å². The van der Waals surface area contributed by atoms with Gasteiger partial charge in [0.2, 0.25) is 15.9 Å². The van der Waals surface area contributed by atoms with Crippen molar-refractivity contribution in [3.05, 3.63) is 84.2 Å². The quantitative estimate of drug-likeness (QED) is 0.502. The van der Waals surface area contributed by atoms with Gasteiger partial charge in [-0.3, -0.25) is 13.8 Å². The van der Waals surface area contributed by atoms with Crippen molar-refractivity contribution in [1.82, 2.24) is 0 Å². The molecule has 11 heteroatoms. The molecule has 0 saturated heterocycles. The van der Waals surface area contributed by atoms with E-state index in [0.717, 1.165) is 22.7 Å². The highest BCUT2D eigenvalue weighted by Crippen LogP contribution is 2.22. The van der Waals surface area contributed by atoms with Gasteiger partial charge in [-0.1, -0.05) is 18.2 Å². The van der Waals surface area contributed by atoms with Gasteiger partial charge in [-0.2, -0.15) is 0 Å². The molecule has 0 fully saturated rings. The summed E-state index contributed by atoms with van der Waals surface area (Å²) in [5.74, 6) is -1.08. The molecule has 0 spiro atoms. The molecule has 0 saturated carbocycles. The number of sulfonamides is 2. The summed E-state index contributed by atoms with van der Waals surface area (Å²) in [5.41, 5.74) is 1.58. The topological polar surface area (TPSA) is 113 Å². The predicted molar refractivity (Wildman–Crippen MR) is 126 cm³/mol. The lowest BCUT2D eigenvalue weighted by atomic mass is 10.2. The van der Waals surface area contributed by atoms with Crippen LogP contribution >= 0.6 is 0 Å². The number of para-hydroxylation sites is 1. The molecule has 3 aromatic rings. The molecule has 3 rings (SSSR count). The highest BCUT2D eigenvalue weighted by Gasteiger charge is 2.22. The summed E-state index contributed by atoms with van der Waals surface area (Å²) in [6, 6.07) is 17.0. The predicted octanol–water partition coefficient (Wildman–Crippen LogP) is 3.34. The number of hydrogen-bond donors (Lipinski definition) is 2. The number of benzene rings is 3. The second-order valence-corrected chi connectivity index (χ2v) is 10.8. The minimum Gasteiger partial charge on any atom is -0.325 e. The van der Waals surface area contributed by atoms with Gasteiger partial charge in [0.05, 0.1) is 16.8 Å². The largest absolute Gasteiger partial charge is 0.325 e. The van der Waals surface area contributed by atoms with E-state index in [1.807, 2.05) is 0 Å². The third kappa shape index (κ3) is 6.30. The molecule has 0 aromatic heterocycles. The molecule has 0 heterocycles. The Kier molecular flexibility index (Phi) is 7.04. The van der Waals surface area contributed by atoms with Crippen LogP contribution in [-0.2, 0) is 24.8 Å². The van der Waals surface area contributed by atoms with Crippen LogP contribution in [0.4, 0.5) is 21.5 Å². The van der Waals surface area contributed by atoms with Crippen molar-refractivity contribution in [2.24, 2.45) is 0 Å². The molecule has 1 amide bonds. The van der Waals surface area contributed by atoms with Gasteiger partial charge in [-0.25, -0.2) is 21.2 Å². The van der Waals surface area contributed by atoms with Crippen LogP contribution in [0.2, 0.25) is 0 Å². The maximum Gasteiger partial charge on any atom is 0.261 e. The number of aryl methyl sites for hydroxylation is 1. The van der Waals surface area contributed by atoms with Gasteiger partial charge in [0.15, 0.2) is 0 Å². The molecule has 3 aromatic carbocycles. The van der Waals surface area contributed by atoms with E-state index in [1.54, 1.807) is 31.2 Å². The van der Waals surface area contributed by atoms with Crippen molar-refractivity contribution in [3.8, 4) is 0 Å². The molecule has 33 heavy (non-hydrogen) atoms. The molecule has 0 unspecified atom stereocenters. The van der Waals surface area contributed by atoms with E-state index in [4.69, 9.17) is 0 Å². The van der Waals surface area contributed by atoms with E-state index in [2.05, 4.69) is 10.0 Å². The van der Waals surface area contributed by atoms with Crippen LogP contribution in [0.25, 0.3) is 0 Å². The van der Waals surface area contributed by atoms with Gasteiger partial charge in [-0.05, 0) is 67.1 Å². The smallest absolute Gasteiger partial charge is 0.261 e. The maximum atomic E-state index is 13.0. The van der Waals surface area contributed by atoms with E-state index in [9.17, 15) is 26.0 Å². The average Bonchev–Trinajstić information content (AvgIpc) is 2.74. The van der Waals surface area contributed by atoms with Crippen molar-refractivity contribution in [1.29, 1.82) is 0 Å². The highest BCUT2D eigenvalue weighted by atomic mass is 32.2. The molecule has 8 nitrogen and oxygen atoms in total. The number of halogens is 1. The Labute approximate surface area is 192 Å². The molecule has 0 atom stereocenters. The molecule has 0 aliphatic heterocycles. The molecule has 0 bridgehead atoms. The molecular weight excluding hydrogens is 469 g/mol. The minimum atomic E-state index is -3.92. The first-order chi connectivity index (χ1) is 15.5. The first-order valence-electron chi connectivity index (χ1n) is 9.67. The first-order valence-corrected chi connectivity index (χ1v) is 13.0. The highest BCUT2D eigenvalue weighted by molar-refractivity contribution is 7.92. The van der Waals surface area contributed by atoms with E-state index in [0.29, 0.717) is 16.9 Å². The Morgan fingerprint density at radius 1 is 0.879 bits per heavy atom. The lowest BCUT2D eigenvalue weighted by molar-refractivity contribution is -0.114. The number of hydrogen-bond acceptors (Lipinski definition) is 5. The van der Waals surface area contributed by atoms with Gasteiger partial charge < -0.3 is 5.32 Å². The molecular formula is C22H22FN3O5S2. The van der Waals surface area contributed by atoms with Gasteiger partial charge >= 0.3 is 0 Å². The minimum absolute atomic E-state index is 0.0671. The molecule has 2 N–H and O–H groups in total. The lowest BCUT2D eigenvalue weighted by Crippen LogP contribution is -2.37. The summed E-state index contributed by atoms with van der Waals surface area (Å²) in [5, 5.41) is 2.57. The Morgan fingerprint density at radius 2 is 1.45 bits per heavy atom. The summed E-state index contributed by atoms with van der Waals surface area (Å²) >= 11 is 0. The summed E-state index contributed by atoms with van der Waals surface area (Å²) in [6.45, 7) is 1.29. The third-order valence-corrected chi connectivity index (χ3v) is 7.14. The second kappa shape index (κ2) is 9.59. The molecule has 174 valence electrons. The standard InChI is InChI=1S/C22H22FN3O5S2/c1-16-5-3-4-6-21(16)26(32(2,28)29)15-22(27)24-18-11-13-20(14-12-18)33(30,31)25-19-9-7-17(23)8-10-19/h3-14,25H,15H2,1-2H3,(H,24,27). The first kappa shape index (κ1) is 24.2. The van der Waals surface area contributed by atoms with Crippen molar-refractivity contribution < 1.29 is 26.0 Å². The number of amides is 1. The van der Waals surface area contributed by atoms with E-state index in [-0.39, 0.29) is 10.6 Å². The number of nitrogens with one attached hydrogen (secondary N) is 2. The van der Waals surface area contributed by atoms with E-state index < -0.39 is 38.3 Å². The Bertz CT molecular complexity index is 1360. The van der Waals surface area contributed by atoms with Crippen molar-refractivity contribution in [2.45, 2.75) is 11.8 Å². The van der Waals surface area contributed by atoms with E-state index >= 15 is 0 Å². The number of anilines is 3. The Morgan fingerprint density at radius 3 is 2.03 bits per heavy atom. The average molecular weight is 492 g/mol. The summed E-state index contributed by atoms with van der Waals surface area (Å²) in [7, 11) is -7.65. The van der Waals surface area contributed by atoms with Crippen LogP contribution in [0.5, 0.6) is 0 Å². The fourth-order valence-corrected chi connectivity index (χ4v) is 4.98. The number of carbonyl (C=O) groups is 1. The fourth-order valence-electron chi connectivity index (χ4n) is 3.00. The monoisotopic (exact) mass is 491 g/mol. The zero-order valence-electron chi connectivity index (χ0n) is 17.8. The van der Waals surface area contributed by atoms with Gasteiger partial charge in [-0.15, -0.1) is 0 Å². The maximum absolute atomic E-state index is 13.0. The second-order valence-electron chi connectivity index (χ2n) is 7.24. The van der Waals surface area contributed by atoms with Crippen LogP contribution in [0.1, 0.15) is 5.56 Å².